The summed E-state index contributed by atoms with van der Waals surface area (Å²) in [7, 11) is 0. The monoisotopic (exact) mass is 559 g/mol. The number of hydrogen-bond donors (Lipinski definition) is 9. The average molecular weight is 560 g/mol. The van der Waals surface area contributed by atoms with Gasteiger partial charge in [0.1, 0.15) is 30.7 Å². The van der Waals surface area contributed by atoms with E-state index in [0.717, 1.165) is 0 Å². The lowest BCUT2D eigenvalue weighted by molar-refractivity contribution is -0.139. The van der Waals surface area contributed by atoms with Crippen molar-refractivity contribution in [2.75, 3.05) is 19.6 Å². The molecule has 39 heavy (non-hydrogen) atoms. The third-order valence-corrected chi connectivity index (χ3v) is 5.37. The van der Waals surface area contributed by atoms with Crippen molar-refractivity contribution in [1.82, 2.24) is 31.9 Å². The number of carbonyl (C=O) groups is 7. The van der Waals surface area contributed by atoms with Crippen molar-refractivity contribution in [2.45, 2.75) is 71.8 Å². The van der Waals surface area contributed by atoms with Gasteiger partial charge in [0, 0.05) is 0 Å². The summed E-state index contributed by atoms with van der Waals surface area (Å²) in [6.07, 6.45) is -1.38. The zero-order valence-corrected chi connectivity index (χ0v) is 23.0. The molecule has 5 atom stereocenters. The SMILES string of the molecule is CC(C)[C@H](NC(=O)[C@H](C)NC(=O)CNC(=O)CN)C(=O)N[C@H](C(=O)N[C@H](C(=O)NCC(=O)O)[C@@H](C)O)C(C)C. The van der Waals surface area contributed by atoms with Crippen LogP contribution >= 0.6 is 0 Å². The molecule has 0 unspecified atom stereocenters. The van der Waals surface area contributed by atoms with Crippen molar-refractivity contribution in [2.24, 2.45) is 17.6 Å². The van der Waals surface area contributed by atoms with E-state index in [9.17, 15) is 38.7 Å². The molecule has 0 rings (SSSR count). The van der Waals surface area contributed by atoms with E-state index >= 15 is 0 Å². The highest BCUT2D eigenvalue weighted by Crippen LogP contribution is 2.08. The first-order chi connectivity index (χ1) is 18.0. The maximum Gasteiger partial charge on any atom is 0.322 e. The van der Waals surface area contributed by atoms with Gasteiger partial charge in [-0.1, -0.05) is 27.7 Å². The quantitative estimate of drug-likeness (QED) is 0.0883. The minimum absolute atomic E-state index is 0.304. The largest absolute Gasteiger partial charge is 0.480 e. The minimum atomic E-state index is -1.49. The van der Waals surface area contributed by atoms with Crippen molar-refractivity contribution in [3.63, 3.8) is 0 Å². The number of nitrogens with two attached hydrogens (primary N) is 1. The lowest BCUT2D eigenvalue weighted by atomic mass is 9.99. The van der Waals surface area contributed by atoms with Gasteiger partial charge in [0.25, 0.3) is 0 Å². The molecule has 16 heteroatoms. The predicted octanol–water partition coefficient (Wildman–Crippen LogP) is -4.09. The first-order valence-corrected chi connectivity index (χ1v) is 12.4. The van der Waals surface area contributed by atoms with Crippen LogP contribution in [-0.2, 0) is 33.6 Å². The number of nitrogens with one attached hydrogen (secondary N) is 6. The fraction of sp³-hybridized carbons (Fsp3) is 0.696. The molecule has 0 heterocycles. The second-order valence-electron chi connectivity index (χ2n) is 9.57. The standard InChI is InChI=1S/C23H41N7O9/c1-10(2)17(28-20(36)12(5)27-15(33)8-25-14(32)7-24)22(38)29-18(11(3)4)23(39)30-19(13(6)31)21(37)26-9-16(34)35/h10-13,17-19,31H,7-9,24H2,1-6H3,(H,25,32)(H,26,37)(H,27,33)(H,28,36)(H,29,38)(H,30,39)(H,34,35)/t12-,13+,17-,18-,19-/m0/s1. The van der Waals surface area contributed by atoms with Gasteiger partial charge >= 0.3 is 5.97 Å². The molecule has 10 N–H and O–H groups in total. The van der Waals surface area contributed by atoms with Crippen LogP contribution in [0.3, 0.4) is 0 Å². The van der Waals surface area contributed by atoms with Gasteiger partial charge in [-0.05, 0) is 25.7 Å². The van der Waals surface area contributed by atoms with Crippen molar-refractivity contribution in [1.29, 1.82) is 0 Å². The van der Waals surface area contributed by atoms with Crippen molar-refractivity contribution in [3.8, 4) is 0 Å². The molecule has 222 valence electrons. The van der Waals surface area contributed by atoms with Gasteiger partial charge in [-0.2, -0.15) is 0 Å². The van der Waals surface area contributed by atoms with Gasteiger partial charge < -0.3 is 47.8 Å². The molecule has 0 aromatic rings. The topological polar surface area (TPSA) is 258 Å². The van der Waals surface area contributed by atoms with Crippen molar-refractivity contribution >= 4 is 41.4 Å². The second-order valence-corrected chi connectivity index (χ2v) is 9.57. The molecule has 0 aromatic heterocycles. The Bertz CT molecular complexity index is 908. The summed E-state index contributed by atoms with van der Waals surface area (Å²) in [5, 5.41) is 32.7. The molecule has 0 aliphatic rings. The molecule has 0 bridgehead atoms. The van der Waals surface area contributed by atoms with Crippen LogP contribution in [-0.4, -0.2) is 102 Å². The number of aliphatic carboxylic acids is 1. The third kappa shape index (κ3) is 13.0. The molecule has 0 aromatic carbocycles. The number of aliphatic hydroxyl groups excluding tert-OH is 1. The van der Waals surface area contributed by atoms with E-state index in [2.05, 4.69) is 31.9 Å². The lowest BCUT2D eigenvalue weighted by Crippen LogP contribution is -2.61. The van der Waals surface area contributed by atoms with Gasteiger partial charge in [-0.15, -0.1) is 0 Å². The van der Waals surface area contributed by atoms with Gasteiger partial charge in [-0.3, -0.25) is 33.6 Å². The van der Waals surface area contributed by atoms with E-state index in [1.165, 1.54) is 13.8 Å². The Kier molecular flexibility index (Phi) is 15.3. The van der Waals surface area contributed by atoms with Gasteiger partial charge in [-0.25, -0.2) is 0 Å². The first kappa shape index (κ1) is 35.2. The zero-order valence-electron chi connectivity index (χ0n) is 23.0. The Morgan fingerprint density at radius 1 is 0.615 bits per heavy atom. The summed E-state index contributed by atoms with van der Waals surface area (Å²) in [5.41, 5.74) is 5.14. The minimum Gasteiger partial charge on any atom is -0.480 e. The van der Waals surface area contributed by atoms with E-state index < -0.39 is 96.6 Å². The summed E-state index contributed by atoms with van der Waals surface area (Å²) in [5.74, 6) is -6.61. The van der Waals surface area contributed by atoms with E-state index in [-0.39, 0.29) is 6.54 Å². The van der Waals surface area contributed by atoms with Gasteiger partial charge in [0.2, 0.25) is 35.4 Å². The molecule has 0 spiro atoms. The number of aliphatic hydroxyl groups is 1. The normalized spacial score (nSPS) is 14.7. The van der Waals surface area contributed by atoms with Gasteiger partial charge in [0.05, 0.1) is 19.2 Å². The van der Waals surface area contributed by atoms with Crippen LogP contribution in [0.1, 0.15) is 41.5 Å². The number of carbonyl (C=O) groups excluding carboxylic acids is 6. The highest BCUT2D eigenvalue weighted by atomic mass is 16.4. The van der Waals surface area contributed by atoms with Crippen LogP contribution in [0.5, 0.6) is 0 Å². The molecule has 16 nitrogen and oxygen atoms in total. The Balaban J connectivity index is 5.39. The Morgan fingerprint density at radius 3 is 1.49 bits per heavy atom. The van der Waals surface area contributed by atoms with E-state index in [0.29, 0.717) is 0 Å². The summed E-state index contributed by atoms with van der Waals surface area (Å²) in [6, 6.07) is -4.86. The predicted molar refractivity (Wildman–Crippen MR) is 137 cm³/mol. The number of rotatable bonds is 16. The van der Waals surface area contributed by atoms with Crippen LogP contribution in [0.15, 0.2) is 0 Å². The average Bonchev–Trinajstić information content (AvgIpc) is 2.84. The maximum atomic E-state index is 13.1. The molecule has 0 saturated carbocycles. The molecule has 6 amide bonds. The Labute approximate surface area is 226 Å². The number of hydrogen-bond acceptors (Lipinski definition) is 9. The van der Waals surface area contributed by atoms with Crippen LogP contribution < -0.4 is 37.6 Å². The molecule has 0 radical (unpaired) electrons. The summed E-state index contributed by atoms with van der Waals surface area (Å²) >= 11 is 0. The first-order valence-electron chi connectivity index (χ1n) is 12.4. The third-order valence-electron chi connectivity index (χ3n) is 5.37. The van der Waals surface area contributed by atoms with E-state index in [1.807, 2.05) is 0 Å². The fourth-order valence-electron chi connectivity index (χ4n) is 3.12. The molecule has 0 saturated heterocycles. The molecular formula is C23H41N7O9. The number of amides is 6. The van der Waals surface area contributed by atoms with Crippen LogP contribution in [0.25, 0.3) is 0 Å². The van der Waals surface area contributed by atoms with Gasteiger partial charge in [0.15, 0.2) is 0 Å². The Hall–Kier alpha value is -3.79. The summed E-state index contributed by atoms with van der Waals surface area (Å²) in [4.78, 5) is 84.7. The molecular weight excluding hydrogens is 518 g/mol. The molecule has 0 aliphatic heterocycles. The number of carboxylic acid groups (broad SMARTS) is 1. The fourth-order valence-corrected chi connectivity index (χ4v) is 3.12. The number of carboxylic acids is 1. The smallest absolute Gasteiger partial charge is 0.322 e. The highest BCUT2D eigenvalue weighted by Gasteiger charge is 2.34. The van der Waals surface area contributed by atoms with Crippen molar-refractivity contribution < 1.29 is 43.8 Å². The summed E-state index contributed by atoms with van der Waals surface area (Å²) < 4.78 is 0. The van der Waals surface area contributed by atoms with Crippen LogP contribution in [0.2, 0.25) is 0 Å². The zero-order chi connectivity index (χ0) is 30.4. The van der Waals surface area contributed by atoms with E-state index in [1.54, 1.807) is 27.7 Å². The maximum absolute atomic E-state index is 13.1. The highest BCUT2D eigenvalue weighted by molar-refractivity contribution is 5.96. The van der Waals surface area contributed by atoms with Crippen LogP contribution in [0.4, 0.5) is 0 Å². The molecule has 0 aliphatic carbocycles. The lowest BCUT2D eigenvalue weighted by Gasteiger charge is -2.29. The van der Waals surface area contributed by atoms with Crippen LogP contribution in [0, 0.1) is 11.8 Å². The van der Waals surface area contributed by atoms with Crippen molar-refractivity contribution in [3.05, 3.63) is 0 Å². The second kappa shape index (κ2) is 16.9. The summed E-state index contributed by atoms with van der Waals surface area (Å²) in [6.45, 7) is 7.73. The van der Waals surface area contributed by atoms with E-state index in [4.69, 9.17) is 10.8 Å². The Morgan fingerprint density at radius 2 is 1.08 bits per heavy atom. The molecule has 0 fully saturated rings.